The van der Waals surface area contributed by atoms with Crippen molar-refractivity contribution in [3.63, 3.8) is 0 Å². The number of benzene rings is 1. The number of rotatable bonds is 4. The summed E-state index contributed by atoms with van der Waals surface area (Å²) in [6, 6.07) is 9.23. The van der Waals surface area contributed by atoms with Gasteiger partial charge in [0.1, 0.15) is 0 Å². The second kappa shape index (κ2) is 5.33. The summed E-state index contributed by atoms with van der Waals surface area (Å²) >= 11 is 6.28. The number of nitrogens with zero attached hydrogens (tertiary/aromatic N) is 1. The average molecular weight is 265 g/mol. The van der Waals surface area contributed by atoms with Gasteiger partial charge in [0.25, 0.3) is 0 Å². The molecule has 1 aromatic carbocycles. The Morgan fingerprint density at radius 3 is 2.56 bits per heavy atom. The molecule has 0 spiro atoms. The van der Waals surface area contributed by atoms with Gasteiger partial charge in [0.05, 0.1) is 0 Å². The van der Waals surface area contributed by atoms with Crippen LogP contribution in [0.5, 0.6) is 0 Å². The highest BCUT2D eigenvalue weighted by Crippen LogP contribution is 2.29. The molecule has 1 N–H and O–H groups in total. The molecule has 0 saturated heterocycles. The summed E-state index contributed by atoms with van der Waals surface area (Å²) in [5.41, 5.74) is 2.51. The molecule has 0 unspecified atom stereocenters. The first kappa shape index (κ1) is 13.4. The molecule has 0 aliphatic rings. The van der Waals surface area contributed by atoms with Crippen LogP contribution in [-0.2, 0) is 6.54 Å². The highest BCUT2D eigenvalue weighted by Gasteiger charge is 2.13. The van der Waals surface area contributed by atoms with Crippen LogP contribution in [0.4, 0.5) is 0 Å². The molecule has 0 aliphatic heterocycles. The first-order chi connectivity index (χ1) is 8.50. The van der Waals surface area contributed by atoms with E-state index in [9.17, 15) is 0 Å². The van der Waals surface area contributed by atoms with Crippen molar-refractivity contribution >= 4 is 22.5 Å². The fraction of sp³-hybridized carbons (Fsp3) is 0.467. The Hall–Kier alpha value is -0.990. The van der Waals surface area contributed by atoms with E-state index in [1.54, 1.807) is 0 Å². The van der Waals surface area contributed by atoms with Gasteiger partial charge < -0.3 is 9.88 Å². The molecule has 0 amide bonds. The normalized spacial score (nSPS) is 11.9. The minimum atomic E-state index is 0.435. The second-order valence-corrected chi connectivity index (χ2v) is 5.71. The fourth-order valence-electron chi connectivity index (χ4n) is 2.32. The number of fused-ring (bicyclic) bond motifs is 1. The molecule has 1 aromatic heterocycles. The van der Waals surface area contributed by atoms with Gasteiger partial charge in [-0.3, -0.25) is 0 Å². The molecule has 0 atom stereocenters. The van der Waals surface area contributed by atoms with Crippen molar-refractivity contribution in [1.82, 2.24) is 9.88 Å². The van der Waals surface area contributed by atoms with Gasteiger partial charge in [0.15, 0.2) is 0 Å². The van der Waals surface area contributed by atoms with Gasteiger partial charge in [-0.15, -0.1) is 0 Å². The predicted molar refractivity (Wildman–Crippen MR) is 79.3 cm³/mol. The molecule has 0 saturated carbocycles. The number of aromatic nitrogens is 1. The first-order valence-corrected chi connectivity index (χ1v) is 6.90. The van der Waals surface area contributed by atoms with Crippen LogP contribution in [-0.4, -0.2) is 10.6 Å². The number of nitrogens with one attached hydrogen (secondary N) is 1. The first-order valence-electron chi connectivity index (χ1n) is 6.52. The van der Waals surface area contributed by atoms with Gasteiger partial charge in [-0.2, -0.15) is 0 Å². The van der Waals surface area contributed by atoms with Crippen molar-refractivity contribution in [2.75, 3.05) is 0 Å². The fourth-order valence-corrected chi connectivity index (χ4v) is 2.55. The molecular weight excluding hydrogens is 244 g/mol. The van der Waals surface area contributed by atoms with Crippen molar-refractivity contribution < 1.29 is 0 Å². The summed E-state index contributed by atoms with van der Waals surface area (Å²) in [4.78, 5) is 0. The van der Waals surface area contributed by atoms with E-state index in [1.807, 2.05) is 12.1 Å². The summed E-state index contributed by atoms with van der Waals surface area (Å²) in [6.07, 6.45) is 0. The van der Waals surface area contributed by atoms with Gasteiger partial charge >= 0.3 is 0 Å². The van der Waals surface area contributed by atoms with Crippen molar-refractivity contribution in [3.8, 4) is 0 Å². The topological polar surface area (TPSA) is 17.0 Å². The van der Waals surface area contributed by atoms with E-state index in [4.69, 9.17) is 11.6 Å². The summed E-state index contributed by atoms with van der Waals surface area (Å²) in [5.74, 6) is 0. The highest BCUT2D eigenvalue weighted by molar-refractivity contribution is 6.35. The van der Waals surface area contributed by atoms with Crippen molar-refractivity contribution in [2.45, 2.75) is 46.3 Å². The molecule has 0 aliphatic carbocycles. The summed E-state index contributed by atoms with van der Waals surface area (Å²) in [7, 11) is 0. The third-order valence-corrected chi connectivity index (χ3v) is 3.45. The third kappa shape index (κ3) is 2.55. The third-order valence-electron chi connectivity index (χ3n) is 3.12. The molecular formula is C15H21ClN2. The van der Waals surface area contributed by atoms with Crippen LogP contribution in [0.15, 0.2) is 24.3 Å². The van der Waals surface area contributed by atoms with E-state index in [-0.39, 0.29) is 0 Å². The van der Waals surface area contributed by atoms with Crippen LogP contribution >= 0.6 is 11.6 Å². The Balaban J connectivity index is 2.51. The van der Waals surface area contributed by atoms with Crippen LogP contribution in [0.2, 0.25) is 5.02 Å². The monoisotopic (exact) mass is 264 g/mol. The van der Waals surface area contributed by atoms with Crippen molar-refractivity contribution in [3.05, 3.63) is 35.0 Å². The molecule has 1 heterocycles. The number of halogens is 1. The number of hydrogen-bond donors (Lipinski definition) is 1. The summed E-state index contributed by atoms with van der Waals surface area (Å²) in [5, 5.41) is 5.45. The quantitative estimate of drug-likeness (QED) is 0.868. The van der Waals surface area contributed by atoms with Gasteiger partial charge in [-0.1, -0.05) is 31.5 Å². The molecule has 0 radical (unpaired) electrons. The number of hydrogen-bond acceptors (Lipinski definition) is 1. The molecule has 0 bridgehead atoms. The highest BCUT2D eigenvalue weighted by atomic mass is 35.5. The molecule has 2 nitrogen and oxygen atoms in total. The minimum absolute atomic E-state index is 0.435. The van der Waals surface area contributed by atoms with Gasteiger partial charge in [-0.05, 0) is 32.0 Å². The minimum Gasteiger partial charge on any atom is -0.341 e. The lowest BCUT2D eigenvalue weighted by Gasteiger charge is -2.16. The lowest BCUT2D eigenvalue weighted by atomic mass is 10.2. The second-order valence-electron chi connectivity index (χ2n) is 5.31. The Morgan fingerprint density at radius 1 is 1.22 bits per heavy atom. The lowest BCUT2D eigenvalue weighted by Crippen LogP contribution is -2.23. The Kier molecular flexibility index (Phi) is 3.98. The summed E-state index contributed by atoms with van der Waals surface area (Å²) < 4.78 is 2.36. The zero-order valence-corrected chi connectivity index (χ0v) is 12.3. The standard InChI is InChI=1S/C15H21ClN2/c1-10(2)17-9-12-8-13-14(16)6-5-7-15(13)18(12)11(3)4/h5-8,10-11,17H,9H2,1-4H3. The van der Waals surface area contributed by atoms with E-state index >= 15 is 0 Å². The van der Waals surface area contributed by atoms with Gasteiger partial charge in [0.2, 0.25) is 0 Å². The SMILES string of the molecule is CC(C)NCc1cc2c(Cl)cccc2n1C(C)C. The Bertz CT molecular complexity index is 541. The smallest absolute Gasteiger partial charge is 0.0500 e. The van der Waals surface area contributed by atoms with Gasteiger partial charge in [-0.25, -0.2) is 0 Å². The summed E-state index contributed by atoms with van der Waals surface area (Å²) in [6.45, 7) is 9.62. The molecule has 2 rings (SSSR count). The maximum Gasteiger partial charge on any atom is 0.0500 e. The Labute approximate surface area is 114 Å². The molecule has 3 heteroatoms. The van der Waals surface area contributed by atoms with Crippen LogP contribution in [0, 0.1) is 0 Å². The van der Waals surface area contributed by atoms with Crippen molar-refractivity contribution in [2.24, 2.45) is 0 Å². The molecule has 18 heavy (non-hydrogen) atoms. The largest absolute Gasteiger partial charge is 0.341 e. The van der Waals surface area contributed by atoms with E-state index in [1.165, 1.54) is 11.2 Å². The van der Waals surface area contributed by atoms with Crippen LogP contribution in [0.3, 0.4) is 0 Å². The van der Waals surface area contributed by atoms with E-state index in [0.29, 0.717) is 12.1 Å². The predicted octanol–water partition coefficient (Wildman–Crippen LogP) is 4.37. The van der Waals surface area contributed by atoms with E-state index in [0.717, 1.165) is 17.0 Å². The molecule has 98 valence electrons. The maximum atomic E-state index is 6.28. The van der Waals surface area contributed by atoms with Crippen LogP contribution in [0.1, 0.15) is 39.4 Å². The van der Waals surface area contributed by atoms with Crippen LogP contribution < -0.4 is 5.32 Å². The zero-order chi connectivity index (χ0) is 13.3. The Morgan fingerprint density at radius 2 is 1.94 bits per heavy atom. The maximum absolute atomic E-state index is 6.28. The molecule has 0 fully saturated rings. The van der Waals surface area contributed by atoms with E-state index in [2.05, 4.69) is 49.7 Å². The van der Waals surface area contributed by atoms with Crippen LogP contribution in [0.25, 0.3) is 10.9 Å². The lowest BCUT2D eigenvalue weighted by molar-refractivity contribution is 0.534. The van der Waals surface area contributed by atoms with Crippen molar-refractivity contribution in [1.29, 1.82) is 0 Å². The van der Waals surface area contributed by atoms with E-state index < -0.39 is 0 Å². The zero-order valence-electron chi connectivity index (χ0n) is 11.5. The van der Waals surface area contributed by atoms with Gasteiger partial charge in [0, 0.05) is 40.2 Å². The average Bonchev–Trinajstić information content (AvgIpc) is 2.66. The molecule has 2 aromatic rings.